The molecule has 0 aromatic heterocycles. The van der Waals surface area contributed by atoms with Crippen molar-refractivity contribution in [2.75, 3.05) is 0 Å². The van der Waals surface area contributed by atoms with Crippen molar-refractivity contribution < 1.29 is 4.79 Å². The molecule has 0 aliphatic heterocycles. The van der Waals surface area contributed by atoms with Crippen LogP contribution in [0.1, 0.15) is 24.2 Å². The molecular weight excluding hydrogens is 338 g/mol. The molecule has 0 atom stereocenters. The molecule has 0 saturated heterocycles. The van der Waals surface area contributed by atoms with Gasteiger partial charge in [-0.25, -0.2) is 0 Å². The van der Waals surface area contributed by atoms with E-state index in [1.54, 1.807) is 0 Å². The number of carbonyl (C=O) groups excluding carboxylic acids is 1. The normalized spacial score (nSPS) is 10.7. The van der Waals surface area contributed by atoms with Gasteiger partial charge in [-0.05, 0) is 49.2 Å². The predicted octanol–water partition coefficient (Wildman–Crippen LogP) is 4.91. The molecular formula is C16H15BrClNO. The lowest BCUT2D eigenvalue weighted by molar-refractivity contribution is 0.0943. The molecule has 0 aliphatic carbocycles. The van der Waals surface area contributed by atoms with E-state index in [0.717, 1.165) is 15.6 Å². The average Bonchev–Trinajstić information content (AvgIpc) is 2.39. The van der Waals surface area contributed by atoms with Crippen LogP contribution in [-0.2, 0) is 0 Å². The van der Waals surface area contributed by atoms with Gasteiger partial charge in [0.1, 0.15) is 0 Å². The van der Waals surface area contributed by atoms with E-state index in [4.69, 9.17) is 11.6 Å². The summed E-state index contributed by atoms with van der Waals surface area (Å²) >= 11 is 9.32. The standard InChI is InChI=1S/C16H15BrClNO/c1-10(2)19-16(20)15-9-12(17)5-8-14(15)11-3-6-13(18)7-4-11/h3-10H,1-2H3,(H,19,20). The maximum atomic E-state index is 12.3. The van der Waals surface area contributed by atoms with Gasteiger partial charge in [0.2, 0.25) is 0 Å². The summed E-state index contributed by atoms with van der Waals surface area (Å²) in [4.78, 5) is 12.3. The molecule has 1 N–H and O–H groups in total. The molecule has 0 radical (unpaired) electrons. The molecule has 4 heteroatoms. The molecule has 0 fully saturated rings. The van der Waals surface area contributed by atoms with E-state index in [9.17, 15) is 4.79 Å². The predicted molar refractivity (Wildman–Crippen MR) is 87.2 cm³/mol. The van der Waals surface area contributed by atoms with E-state index in [1.807, 2.05) is 56.3 Å². The number of hydrogen-bond donors (Lipinski definition) is 1. The van der Waals surface area contributed by atoms with Gasteiger partial charge in [0.05, 0.1) is 0 Å². The summed E-state index contributed by atoms with van der Waals surface area (Å²) in [6.45, 7) is 3.88. The van der Waals surface area contributed by atoms with E-state index in [0.29, 0.717) is 10.6 Å². The van der Waals surface area contributed by atoms with E-state index in [2.05, 4.69) is 21.2 Å². The number of benzene rings is 2. The number of hydrogen-bond acceptors (Lipinski definition) is 1. The Kier molecular flexibility index (Phi) is 4.84. The van der Waals surface area contributed by atoms with E-state index < -0.39 is 0 Å². The molecule has 0 aliphatic rings. The third-order valence-electron chi connectivity index (χ3n) is 2.80. The zero-order valence-corrected chi connectivity index (χ0v) is 13.6. The van der Waals surface area contributed by atoms with E-state index in [-0.39, 0.29) is 11.9 Å². The average molecular weight is 353 g/mol. The van der Waals surface area contributed by atoms with Crippen LogP contribution >= 0.6 is 27.5 Å². The molecule has 1 amide bonds. The molecule has 0 unspecified atom stereocenters. The van der Waals surface area contributed by atoms with Crippen LogP contribution in [0, 0.1) is 0 Å². The van der Waals surface area contributed by atoms with Crippen LogP contribution < -0.4 is 5.32 Å². The minimum atomic E-state index is -0.0775. The van der Waals surface area contributed by atoms with Gasteiger partial charge >= 0.3 is 0 Å². The highest BCUT2D eigenvalue weighted by molar-refractivity contribution is 9.10. The first-order chi connectivity index (χ1) is 9.47. The van der Waals surface area contributed by atoms with Crippen LogP contribution in [-0.4, -0.2) is 11.9 Å². The highest BCUT2D eigenvalue weighted by atomic mass is 79.9. The number of rotatable bonds is 3. The number of carbonyl (C=O) groups is 1. The first-order valence-electron chi connectivity index (χ1n) is 6.33. The summed E-state index contributed by atoms with van der Waals surface area (Å²) < 4.78 is 0.879. The van der Waals surface area contributed by atoms with Crippen molar-refractivity contribution in [2.24, 2.45) is 0 Å². The van der Waals surface area contributed by atoms with Gasteiger partial charge in [0.25, 0.3) is 5.91 Å². The summed E-state index contributed by atoms with van der Waals surface area (Å²) in [6.07, 6.45) is 0. The van der Waals surface area contributed by atoms with Crippen molar-refractivity contribution in [2.45, 2.75) is 19.9 Å². The Hall–Kier alpha value is -1.32. The zero-order valence-electron chi connectivity index (χ0n) is 11.3. The van der Waals surface area contributed by atoms with Crippen LogP contribution in [0.2, 0.25) is 5.02 Å². The topological polar surface area (TPSA) is 29.1 Å². The third kappa shape index (κ3) is 3.62. The second-order valence-corrected chi connectivity index (χ2v) is 6.18. The van der Waals surface area contributed by atoms with Crippen LogP contribution in [0.15, 0.2) is 46.9 Å². The van der Waals surface area contributed by atoms with E-state index in [1.165, 1.54) is 0 Å². The highest BCUT2D eigenvalue weighted by Gasteiger charge is 2.14. The van der Waals surface area contributed by atoms with Gasteiger partial charge in [0, 0.05) is 21.1 Å². The van der Waals surface area contributed by atoms with Crippen molar-refractivity contribution in [3.63, 3.8) is 0 Å². The van der Waals surface area contributed by atoms with Crippen LogP contribution in [0.5, 0.6) is 0 Å². The third-order valence-corrected chi connectivity index (χ3v) is 3.55. The van der Waals surface area contributed by atoms with Crippen molar-refractivity contribution in [3.05, 3.63) is 57.5 Å². The van der Waals surface area contributed by atoms with Gasteiger partial charge in [-0.15, -0.1) is 0 Å². The van der Waals surface area contributed by atoms with Gasteiger partial charge in [-0.2, -0.15) is 0 Å². The molecule has 2 rings (SSSR count). The maximum absolute atomic E-state index is 12.3. The molecule has 20 heavy (non-hydrogen) atoms. The first-order valence-corrected chi connectivity index (χ1v) is 7.51. The fourth-order valence-electron chi connectivity index (χ4n) is 1.93. The lowest BCUT2D eigenvalue weighted by Crippen LogP contribution is -2.30. The number of halogens is 2. The Morgan fingerprint density at radius 1 is 1.15 bits per heavy atom. The number of amides is 1. The fourth-order valence-corrected chi connectivity index (χ4v) is 2.41. The van der Waals surface area contributed by atoms with Gasteiger partial charge < -0.3 is 5.32 Å². The van der Waals surface area contributed by atoms with Crippen LogP contribution in [0.3, 0.4) is 0 Å². The molecule has 2 aromatic rings. The summed E-state index contributed by atoms with van der Waals surface area (Å²) in [7, 11) is 0. The minimum Gasteiger partial charge on any atom is -0.350 e. The van der Waals surface area contributed by atoms with Crippen LogP contribution in [0.4, 0.5) is 0 Å². The quantitative estimate of drug-likeness (QED) is 0.835. The summed E-state index contributed by atoms with van der Waals surface area (Å²) in [6, 6.07) is 13.3. The SMILES string of the molecule is CC(C)NC(=O)c1cc(Br)ccc1-c1ccc(Cl)cc1. The van der Waals surface area contributed by atoms with Crippen LogP contribution in [0.25, 0.3) is 11.1 Å². The molecule has 2 nitrogen and oxygen atoms in total. The molecule has 0 spiro atoms. The Labute approximate surface area is 132 Å². The monoisotopic (exact) mass is 351 g/mol. The van der Waals surface area contributed by atoms with Crippen molar-refractivity contribution >= 4 is 33.4 Å². The molecule has 2 aromatic carbocycles. The Balaban J connectivity index is 2.47. The first kappa shape index (κ1) is 15.1. The van der Waals surface area contributed by atoms with Gasteiger partial charge in [0.15, 0.2) is 0 Å². The fraction of sp³-hybridized carbons (Fsp3) is 0.188. The number of nitrogens with one attached hydrogen (secondary N) is 1. The molecule has 0 bridgehead atoms. The zero-order chi connectivity index (χ0) is 14.7. The highest BCUT2D eigenvalue weighted by Crippen LogP contribution is 2.28. The largest absolute Gasteiger partial charge is 0.350 e. The lowest BCUT2D eigenvalue weighted by Gasteiger charge is -2.13. The van der Waals surface area contributed by atoms with E-state index >= 15 is 0 Å². The van der Waals surface area contributed by atoms with Crippen molar-refractivity contribution in [1.82, 2.24) is 5.32 Å². The minimum absolute atomic E-state index is 0.0775. The van der Waals surface area contributed by atoms with Crippen molar-refractivity contribution in [1.29, 1.82) is 0 Å². The molecule has 0 saturated carbocycles. The smallest absolute Gasteiger partial charge is 0.252 e. The summed E-state index contributed by atoms with van der Waals surface area (Å²) in [5, 5.41) is 3.60. The summed E-state index contributed by atoms with van der Waals surface area (Å²) in [5.74, 6) is -0.0775. The van der Waals surface area contributed by atoms with Gasteiger partial charge in [-0.1, -0.05) is 45.7 Å². The van der Waals surface area contributed by atoms with Gasteiger partial charge in [-0.3, -0.25) is 4.79 Å². The Morgan fingerprint density at radius 3 is 2.40 bits per heavy atom. The Morgan fingerprint density at radius 2 is 1.80 bits per heavy atom. The second-order valence-electron chi connectivity index (χ2n) is 4.82. The van der Waals surface area contributed by atoms with Crippen molar-refractivity contribution in [3.8, 4) is 11.1 Å². The molecule has 104 valence electrons. The Bertz CT molecular complexity index is 623. The summed E-state index contributed by atoms with van der Waals surface area (Å²) in [5.41, 5.74) is 2.51. The maximum Gasteiger partial charge on any atom is 0.252 e. The lowest BCUT2D eigenvalue weighted by atomic mass is 9.99. The second kappa shape index (κ2) is 6.42. The molecule has 0 heterocycles.